The van der Waals surface area contributed by atoms with Crippen molar-refractivity contribution in [1.29, 1.82) is 0 Å². The molecule has 2 aromatic rings. The average molecular weight is 299 g/mol. The fourth-order valence-corrected chi connectivity index (χ4v) is 2.06. The lowest BCUT2D eigenvalue weighted by molar-refractivity contribution is 0.206. The SMILES string of the molecule is Nc1ncnc2c1ncn2CCC(O)/C=C/P(=O)(O)O. The van der Waals surface area contributed by atoms with E-state index in [1.54, 1.807) is 4.57 Å². The van der Waals surface area contributed by atoms with E-state index in [2.05, 4.69) is 15.0 Å². The number of hydrogen-bond acceptors (Lipinski definition) is 6. The summed E-state index contributed by atoms with van der Waals surface area (Å²) < 4.78 is 12.3. The van der Waals surface area contributed by atoms with Crippen molar-refractivity contribution in [2.75, 3.05) is 5.73 Å². The van der Waals surface area contributed by atoms with Crippen LogP contribution in [0, 0.1) is 0 Å². The van der Waals surface area contributed by atoms with Gasteiger partial charge in [0.2, 0.25) is 0 Å². The van der Waals surface area contributed by atoms with E-state index >= 15 is 0 Å². The van der Waals surface area contributed by atoms with Gasteiger partial charge < -0.3 is 25.2 Å². The van der Waals surface area contributed by atoms with Gasteiger partial charge in [-0.05, 0) is 12.5 Å². The number of aliphatic hydroxyl groups excluding tert-OH is 1. The number of nitrogens with two attached hydrogens (primary N) is 1. The first-order chi connectivity index (χ1) is 9.37. The topological polar surface area (TPSA) is 147 Å². The molecule has 20 heavy (non-hydrogen) atoms. The summed E-state index contributed by atoms with van der Waals surface area (Å²) in [5.74, 6) is 0.958. The Morgan fingerprint density at radius 1 is 1.40 bits per heavy atom. The van der Waals surface area contributed by atoms with Crippen LogP contribution in [-0.4, -0.2) is 40.5 Å². The largest absolute Gasteiger partial charge is 0.389 e. The van der Waals surface area contributed by atoms with E-state index in [9.17, 15) is 9.67 Å². The van der Waals surface area contributed by atoms with E-state index in [4.69, 9.17) is 15.5 Å². The maximum Gasteiger partial charge on any atom is 0.348 e. The van der Waals surface area contributed by atoms with E-state index in [1.807, 2.05) is 0 Å². The van der Waals surface area contributed by atoms with Gasteiger partial charge in [-0.15, -0.1) is 0 Å². The third-order valence-corrected chi connectivity index (χ3v) is 3.16. The lowest BCUT2D eigenvalue weighted by Crippen LogP contribution is -2.08. The van der Waals surface area contributed by atoms with E-state index < -0.39 is 13.7 Å². The van der Waals surface area contributed by atoms with Gasteiger partial charge in [-0.25, -0.2) is 15.0 Å². The van der Waals surface area contributed by atoms with Crippen molar-refractivity contribution in [2.24, 2.45) is 0 Å². The van der Waals surface area contributed by atoms with Gasteiger partial charge in [0.05, 0.1) is 12.4 Å². The van der Waals surface area contributed by atoms with Crippen LogP contribution in [0.25, 0.3) is 11.2 Å². The standard InChI is InChI=1S/C10H14N5O4P/c11-9-8-10(13-5-12-9)15(6-14-8)3-1-7(16)2-4-20(17,18)19/h2,4-7,16H,1,3H2,(H2,11,12,13)(H2,17,18,19)/b4-2+. The van der Waals surface area contributed by atoms with Gasteiger partial charge in [0.25, 0.3) is 0 Å². The lowest BCUT2D eigenvalue weighted by atomic mass is 10.2. The van der Waals surface area contributed by atoms with Gasteiger partial charge in [0.1, 0.15) is 11.8 Å². The molecule has 0 bridgehead atoms. The molecule has 0 amide bonds. The van der Waals surface area contributed by atoms with Crippen LogP contribution in [-0.2, 0) is 11.1 Å². The molecule has 1 unspecified atom stereocenters. The fourth-order valence-electron chi connectivity index (χ4n) is 1.64. The number of imidazole rings is 1. The highest BCUT2D eigenvalue weighted by Crippen LogP contribution is 2.36. The molecule has 2 heterocycles. The Hall–Kier alpha value is -1.80. The molecule has 0 saturated carbocycles. The van der Waals surface area contributed by atoms with Crippen LogP contribution in [0.2, 0.25) is 0 Å². The number of anilines is 1. The van der Waals surface area contributed by atoms with Gasteiger partial charge in [-0.1, -0.05) is 0 Å². The summed E-state index contributed by atoms with van der Waals surface area (Å²) in [6.45, 7) is 0.375. The second kappa shape index (κ2) is 5.68. The van der Waals surface area contributed by atoms with Crippen LogP contribution < -0.4 is 5.73 Å². The smallest absolute Gasteiger partial charge is 0.348 e. The first kappa shape index (κ1) is 14.6. The highest BCUT2D eigenvalue weighted by atomic mass is 31.2. The molecule has 0 aliphatic carbocycles. The summed E-state index contributed by atoms with van der Waals surface area (Å²) in [6, 6.07) is 0. The Bertz CT molecular complexity index is 679. The summed E-state index contributed by atoms with van der Waals surface area (Å²) >= 11 is 0. The van der Waals surface area contributed by atoms with E-state index in [1.165, 1.54) is 12.7 Å². The second-order valence-electron chi connectivity index (χ2n) is 4.16. The van der Waals surface area contributed by atoms with Crippen molar-refractivity contribution >= 4 is 24.6 Å². The Morgan fingerprint density at radius 3 is 2.85 bits per heavy atom. The number of fused-ring (bicyclic) bond motifs is 1. The fraction of sp³-hybridized carbons (Fsp3) is 0.300. The number of nitrogen functional groups attached to an aromatic ring is 1. The molecule has 0 radical (unpaired) electrons. The molecule has 2 rings (SSSR count). The molecule has 0 saturated heterocycles. The summed E-state index contributed by atoms with van der Waals surface area (Å²) in [7, 11) is -4.25. The van der Waals surface area contributed by atoms with Gasteiger partial charge in [0.15, 0.2) is 11.5 Å². The lowest BCUT2D eigenvalue weighted by Gasteiger charge is -2.07. The molecule has 9 nitrogen and oxygen atoms in total. The Kier molecular flexibility index (Phi) is 4.15. The molecule has 0 aliphatic heterocycles. The first-order valence-corrected chi connectivity index (χ1v) is 7.39. The number of aryl methyl sites for hydroxylation is 1. The zero-order chi connectivity index (χ0) is 14.8. The Balaban J connectivity index is 2.05. The van der Waals surface area contributed by atoms with Crippen LogP contribution >= 0.6 is 7.60 Å². The maximum atomic E-state index is 10.6. The zero-order valence-corrected chi connectivity index (χ0v) is 11.3. The molecule has 0 spiro atoms. The monoisotopic (exact) mass is 299 g/mol. The van der Waals surface area contributed by atoms with Gasteiger partial charge >= 0.3 is 7.60 Å². The van der Waals surface area contributed by atoms with Crippen LogP contribution in [0.3, 0.4) is 0 Å². The minimum absolute atomic E-state index is 0.256. The van der Waals surface area contributed by atoms with Crippen molar-refractivity contribution in [1.82, 2.24) is 19.5 Å². The minimum Gasteiger partial charge on any atom is -0.389 e. The highest BCUT2D eigenvalue weighted by Gasteiger charge is 2.10. The Morgan fingerprint density at radius 2 is 2.15 bits per heavy atom. The molecule has 108 valence electrons. The van der Waals surface area contributed by atoms with Crippen LogP contribution in [0.15, 0.2) is 24.5 Å². The number of aliphatic hydroxyl groups is 1. The molecular formula is C10H14N5O4P. The Labute approximate surface area is 114 Å². The first-order valence-electron chi connectivity index (χ1n) is 5.71. The molecule has 2 aromatic heterocycles. The summed E-state index contributed by atoms with van der Waals surface area (Å²) in [5.41, 5.74) is 6.67. The number of hydrogen-bond donors (Lipinski definition) is 4. The normalized spacial score (nSPS) is 14.2. The summed E-state index contributed by atoms with van der Waals surface area (Å²) in [6.07, 6.45) is 3.20. The minimum atomic E-state index is -4.25. The molecule has 5 N–H and O–H groups in total. The molecule has 0 fully saturated rings. The highest BCUT2D eigenvalue weighted by molar-refractivity contribution is 7.55. The van der Waals surface area contributed by atoms with Gasteiger partial charge in [-0.3, -0.25) is 4.57 Å². The van der Waals surface area contributed by atoms with Crippen LogP contribution in [0.1, 0.15) is 6.42 Å². The third-order valence-electron chi connectivity index (χ3n) is 2.60. The van der Waals surface area contributed by atoms with Crippen molar-refractivity contribution < 1.29 is 19.5 Å². The van der Waals surface area contributed by atoms with Crippen molar-refractivity contribution in [3.8, 4) is 0 Å². The number of aromatic nitrogens is 4. The summed E-state index contributed by atoms with van der Waals surface area (Å²) in [4.78, 5) is 29.3. The van der Waals surface area contributed by atoms with Crippen LogP contribution in [0.4, 0.5) is 5.82 Å². The van der Waals surface area contributed by atoms with Crippen molar-refractivity contribution in [3.05, 3.63) is 24.5 Å². The van der Waals surface area contributed by atoms with E-state index in [-0.39, 0.29) is 12.2 Å². The molecule has 0 aromatic carbocycles. The van der Waals surface area contributed by atoms with E-state index in [0.29, 0.717) is 23.5 Å². The van der Waals surface area contributed by atoms with Gasteiger partial charge in [-0.2, -0.15) is 0 Å². The zero-order valence-electron chi connectivity index (χ0n) is 10.4. The molecular weight excluding hydrogens is 285 g/mol. The number of nitrogens with zero attached hydrogens (tertiary/aromatic N) is 4. The quantitative estimate of drug-likeness (QED) is 0.557. The molecule has 1 atom stereocenters. The predicted octanol–water partition coefficient (Wildman–Crippen LogP) is -0.149. The average Bonchev–Trinajstić information content (AvgIpc) is 2.78. The molecule has 0 aliphatic rings. The van der Waals surface area contributed by atoms with Crippen LogP contribution in [0.5, 0.6) is 0 Å². The molecule has 10 heteroatoms. The van der Waals surface area contributed by atoms with E-state index in [0.717, 1.165) is 6.08 Å². The summed E-state index contributed by atoms with van der Waals surface area (Å²) in [5, 5.41) is 9.62. The number of rotatable bonds is 5. The maximum absolute atomic E-state index is 10.6. The predicted molar refractivity (Wildman–Crippen MR) is 71.5 cm³/mol. The van der Waals surface area contributed by atoms with Gasteiger partial charge in [0, 0.05) is 12.4 Å². The second-order valence-corrected chi connectivity index (χ2v) is 5.63. The third kappa shape index (κ3) is 3.61. The van der Waals surface area contributed by atoms with Crippen molar-refractivity contribution in [2.45, 2.75) is 19.1 Å². The van der Waals surface area contributed by atoms with Crippen molar-refractivity contribution in [3.63, 3.8) is 0 Å².